The van der Waals surface area contributed by atoms with Gasteiger partial charge < -0.3 is 10.7 Å². The summed E-state index contributed by atoms with van der Waals surface area (Å²) in [7, 11) is 0. The Morgan fingerprint density at radius 1 is 1.42 bits per heavy atom. The highest BCUT2D eigenvalue weighted by molar-refractivity contribution is 5.92. The predicted octanol–water partition coefficient (Wildman–Crippen LogP) is 1.46. The lowest BCUT2D eigenvalue weighted by Gasteiger charge is -2.27. The molecule has 0 spiro atoms. The molecule has 2 rings (SSSR count). The largest absolute Gasteiger partial charge is 0.350 e. The summed E-state index contributed by atoms with van der Waals surface area (Å²) < 4.78 is 0. The number of anilines is 1. The summed E-state index contributed by atoms with van der Waals surface area (Å²) in [4.78, 5) is 20.0. The number of nitrogens with zero attached hydrogens (tertiary/aromatic N) is 2. The van der Waals surface area contributed by atoms with Crippen LogP contribution in [0.25, 0.3) is 0 Å². The summed E-state index contributed by atoms with van der Waals surface area (Å²) in [6.07, 6.45) is 8.93. The van der Waals surface area contributed by atoms with E-state index < -0.39 is 0 Å². The summed E-state index contributed by atoms with van der Waals surface area (Å²) >= 11 is 0. The summed E-state index contributed by atoms with van der Waals surface area (Å²) in [5, 5.41) is 2.97. The number of hydrogen-bond acceptors (Lipinski definition) is 5. The Kier molecular flexibility index (Phi) is 4.31. The van der Waals surface area contributed by atoms with E-state index in [-0.39, 0.29) is 11.3 Å². The fraction of sp³-hybridized carbons (Fsp3) is 0.615. The number of nitrogen functional groups attached to an aromatic ring is 1. The van der Waals surface area contributed by atoms with Crippen molar-refractivity contribution in [1.82, 2.24) is 15.3 Å². The number of carbonyl (C=O) groups is 1. The third-order valence-electron chi connectivity index (χ3n) is 4.05. The fourth-order valence-electron chi connectivity index (χ4n) is 2.68. The number of nitrogens with one attached hydrogen (secondary N) is 2. The van der Waals surface area contributed by atoms with Gasteiger partial charge >= 0.3 is 0 Å². The molecule has 1 heterocycles. The van der Waals surface area contributed by atoms with E-state index in [1.165, 1.54) is 38.1 Å². The Morgan fingerprint density at radius 2 is 2.16 bits per heavy atom. The minimum absolute atomic E-state index is 0.190. The molecule has 0 aromatic carbocycles. The molecular weight excluding hydrogens is 242 g/mol. The van der Waals surface area contributed by atoms with Gasteiger partial charge in [-0.3, -0.25) is 9.78 Å². The van der Waals surface area contributed by atoms with Gasteiger partial charge in [0.2, 0.25) is 0 Å². The van der Waals surface area contributed by atoms with E-state index in [0.29, 0.717) is 18.1 Å². The van der Waals surface area contributed by atoms with Gasteiger partial charge in [0, 0.05) is 6.54 Å². The second-order valence-corrected chi connectivity index (χ2v) is 5.18. The lowest BCUT2D eigenvalue weighted by molar-refractivity contribution is 0.0923. The van der Waals surface area contributed by atoms with E-state index in [4.69, 9.17) is 5.84 Å². The fourth-order valence-corrected chi connectivity index (χ4v) is 2.68. The molecular formula is C13H21N5O. The minimum atomic E-state index is -0.190. The van der Waals surface area contributed by atoms with Crippen LogP contribution in [0.15, 0.2) is 12.4 Å². The molecule has 1 aliphatic rings. The van der Waals surface area contributed by atoms with Crippen molar-refractivity contribution in [2.24, 2.45) is 11.3 Å². The molecule has 0 saturated heterocycles. The van der Waals surface area contributed by atoms with E-state index in [1.54, 1.807) is 0 Å². The molecule has 104 valence electrons. The Balaban J connectivity index is 1.97. The molecule has 0 unspecified atom stereocenters. The molecule has 1 aromatic rings. The number of nitrogens with two attached hydrogens (primary N) is 1. The molecule has 0 bridgehead atoms. The van der Waals surface area contributed by atoms with Crippen LogP contribution in [0.4, 0.5) is 5.82 Å². The van der Waals surface area contributed by atoms with Gasteiger partial charge in [-0.25, -0.2) is 10.8 Å². The lowest BCUT2D eigenvalue weighted by Crippen LogP contribution is -2.36. The van der Waals surface area contributed by atoms with Crippen LogP contribution in [-0.4, -0.2) is 22.4 Å². The minimum Gasteiger partial charge on any atom is -0.350 e. The molecule has 4 N–H and O–H groups in total. The smallest absolute Gasteiger partial charge is 0.271 e. The Morgan fingerprint density at radius 3 is 2.79 bits per heavy atom. The summed E-state index contributed by atoms with van der Waals surface area (Å²) in [5.41, 5.74) is 2.95. The van der Waals surface area contributed by atoms with Gasteiger partial charge in [0.1, 0.15) is 5.69 Å². The van der Waals surface area contributed by atoms with Crippen LogP contribution in [0.3, 0.4) is 0 Å². The Hall–Kier alpha value is -1.69. The van der Waals surface area contributed by atoms with Gasteiger partial charge in [-0.05, 0) is 24.7 Å². The number of hydrazine groups is 1. The molecule has 1 saturated carbocycles. The van der Waals surface area contributed by atoms with Crippen molar-refractivity contribution in [1.29, 1.82) is 0 Å². The van der Waals surface area contributed by atoms with E-state index in [1.807, 2.05) is 0 Å². The molecule has 1 aliphatic carbocycles. The Labute approximate surface area is 113 Å². The molecule has 1 amide bonds. The van der Waals surface area contributed by atoms with Crippen LogP contribution in [0, 0.1) is 5.41 Å². The van der Waals surface area contributed by atoms with Gasteiger partial charge in [0.05, 0.1) is 12.4 Å². The summed E-state index contributed by atoms with van der Waals surface area (Å²) in [6, 6.07) is 0. The lowest BCUT2D eigenvalue weighted by atomic mass is 9.83. The van der Waals surface area contributed by atoms with Gasteiger partial charge in [0.15, 0.2) is 5.82 Å². The molecule has 19 heavy (non-hydrogen) atoms. The van der Waals surface area contributed by atoms with Crippen molar-refractivity contribution in [3.63, 3.8) is 0 Å². The molecule has 1 fully saturated rings. The maximum Gasteiger partial charge on any atom is 0.271 e. The van der Waals surface area contributed by atoms with Crippen molar-refractivity contribution in [3.8, 4) is 0 Å². The van der Waals surface area contributed by atoms with E-state index >= 15 is 0 Å². The van der Waals surface area contributed by atoms with Crippen molar-refractivity contribution in [2.45, 2.75) is 39.0 Å². The first-order valence-corrected chi connectivity index (χ1v) is 6.76. The quantitative estimate of drug-likeness (QED) is 0.552. The van der Waals surface area contributed by atoms with Crippen LogP contribution in [0.1, 0.15) is 49.5 Å². The van der Waals surface area contributed by atoms with Gasteiger partial charge in [-0.2, -0.15) is 0 Å². The highest BCUT2D eigenvalue weighted by Gasteiger charge is 2.32. The normalized spacial score (nSPS) is 17.2. The number of rotatable bonds is 5. The van der Waals surface area contributed by atoms with Crippen LogP contribution in [0.2, 0.25) is 0 Å². The molecule has 1 aromatic heterocycles. The number of hydrogen-bond donors (Lipinski definition) is 3. The number of carbonyl (C=O) groups excluding carboxylic acids is 1. The first-order valence-electron chi connectivity index (χ1n) is 6.76. The molecule has 0 radical (unpaired) electrons. The van der Waals surface area contributed by atoms with Gasteiger partial charge in [-0.1, -0.05) is 19.8 Å². The zero-order valence-electron chi connectivity index (χ0n) is 11.3. The Bertz CT molecular complexity index is 442. The SMILES string of the molecule is CCC1(CNC(=O)c2cncc(NN)n2)CCCC1. The van der Waals surface area contributed by atoms with Crippen molar-refractivity contribution in [2.75, 3.05) is 12.0 Å². The predicted molar refractivity (Wildman–Crippen MR) is 73.4 cm³/mol. The first-order chi connectivity index (χ1) is 9.19. The highest BCUT2D eigenvalue weighted by atomic mass is 16.1. The first kappa shape index (κ1) is 13.7. The second kappa shape index (κ2) is 5.97. The molecule has 6 nitrogen and oxygen atoms in total. The monoisotopic (exact) mass is 263 g/mol. The van der Waals surface area contributed by atoms with Crippen LogP contribution >= 0.6 is 0 Å². The van der Waals surface area contributed by atoms with Crippen LogP contribution < -0.4 is 16.6 Å². The summed E-state index contributed by atoms with van der Waals surface area (Å²) in [5.74, 6) is 5.45. The van der Waals surface area contributed by atoms with E-state index in [2.05, 4.69) is 27.6 Å². The van der Waals surface area contributed by atoms with Gasteiger partial charge in [0.25, 0.3) is 5.91 Å². The molecule has 0 aliphatic heterocycles. The van der Waals surface area contributed by atoms with E-state index in [0.717, 1.165) is 6.42 Å². The average molecular weight is 263 g/mol. The molecule has 0 atom stereocenters. The van der Waals surface area contributed by atoms with E-state index in [9.17, 15) is 4.79 Å². The number of aromatic nitrogens is 2. The van der Waals surface area contributed by atoms with Gasteiger partial charge in [-0.15, -0.1) is 0 Å². The third-order valence-corrected chi connectivity index (χ3v) is 4.05. The molecule has 6 heteroatoms. The maximum atomic E-state index is 12.0. The van der Waals surface area contributed by atoms with Crippen molar-refractivity contribution in [3.05, 3.63) is 18.1 Å². The van der Waals surface area contributed by atoms with Crippen LogP contribution in [-0.2, 0) is 0 Å². The van der Waals surface area contributed by atoms with Crippen LogP contribution in [0.5, 0.6) is 0 Å². The number of amides is 1. The highest BCUT2D eigenvalue weighted by Crippen LogP contribution is 2.40. The topological polar surface area (TPSA) is 92.9 Å². The standard InChI is InChI=1S/C13H21N5O/c1-2-13(5-3-4-6-13)9-16-12(19)10-7-15-8-11(17-10)18-14/h7-8H,2-6,9,14H2,1H3,(H,16,19)(H,17,18). The van der Waals surface area contributed by atoms with Crippen molar-refractivity contribution >= 4 is 11.7 Å². The maximum absolute atomic E-state index is 12.0. The third kappa shape index (κ3) is 3.20. The second-order valence-electron chi connectivity index (χ2n) is 5.18. The zero-order chi connectivity index (χ0) is 13.7. The zero-order valence-corrected chi connectivity index (χ0v) is 11.3. The summed E-state index contributed by atoms with van der Waals surface area (Å²) in [6.45, 7) is 2.90. The average Bonchev–Trinajstić information content (AvgIpc) is 2.94. The van der Waals surface area contributed by atoms with Crippen molar-refractivity contribution < 1.29 is 4.79 Å².